The zero-order valence-electron chi connectivity index (χ0n) is 14.1. The van der Waals surface area contributed by atoms with Crippen LogP contribution in [0.25, 0.3) is 11.4 Å². The Labute approximate surface area is 149 Å². The third-order valence-corrected chi connectivity index (χ3v) is 4.18. The van der Waals surface area contributed by atoms with Crippen molar-refractivity contribution in [1.82, 2.24) is 10.1 Å². The van der Waals surface area contributed by atoms with Crippen molar-refractivity contribution in [3.05, 3.63) is 60.0 Å². The highest BCUT2D eigenvalue weighted by atomic mass is 16.5. The number of fused-ring (bicyclic) bond motifs is 1. The molecule has 1 N–H and O–H groups in total. The van der Waals surface area contributed by atoms with Crippen LogP contribution in [0.2, 0.25) is 0 Å². The molecule has 7 heteroatoms. The number of hydrogen-bond donors (Lipinski definition) is 1. The van der Waals surface area contributed by atoms with Crippen molar-refractivity contribution in [3.8, 4) is 11.4 Å². The lowest BCUT2D eigenvalue weighted by molar-refractivity contribution is -0.115. The van der Waals surface area contributed by atoms with Gasteiger partial charge in [-0.1, -0.05) is 36.3 Å². The Bertz CT molecular complexity index is 978. The number of anilines is 2. The highest BCUT2D eigenvalue weighted by molar-refractivity contribution is 6.15. The minimum Gasteiger partial charge on any atom is -0.339 e. The van der Waals surface area contributed by atoms with Gasteiger partial charge in [-0.3, -0.25) is 14.5 Å². The quantitative estimate of drug-likeness (QED) is 0.786. The summed E-state index contributed by atoms with van der Waals surface area (Å²) in [6.07, 6.45) is 0.667. The van der Waals surface area contributed by atoms with Crippen LogP contribution in [-0.4, -0.2) is 28.5 Å². The van der Waals surface area contributed by atoms with E-state index in [4.69, 9.17) is 4.52 Å². The molecular formula is C19H16N4O3. The molecule has 0 bridgehead atoms. The summed E-state index contributed by atoms with van der Waals surface area (Å²) >= 11 is 0. The van der Waals surface area contributed by atoms with E-state index in [1.807, 2.05) is 25.1 Å². The van der Waals surface area contributed by atoms with Gasteiger partial charge >= 0.3 is 0 Å². The van der Waals surface area contributed by atoms with Crippen molar-refractivity contribution in [2.75, 3.05) is 16.8 Å². The van der Waals surface area contributed by atoms with Gasteiger partial charge < -0.3 is 9.84 Å². The molecule has 4 rings (SSSR count). The van der Waals surface area contributed by atoms with E-state index in [1.165, 1.54) is 4.90 Å². The molecule has 0 fully saturated rings. The normalized spacial score (nSPS) is 13.3. The minimum absolute atomic E-state index is 0.0116. The van der Waals surface area contributed by atoms with Crippen LogP contribution in [0.3, 0.4) is 0 Å². The first-order chi connectivity index (χ1) is 12.7. The predicted molar refractivity (Wildman–Crippen MR) is 95.9 cm³/mol. The molecular weight excluding hydrogens is 332 g/mol. The number of benzene rings is 2. The molecule has 130 valence electrons. The standard InChI is InChI=1S/C19H16N4O3/c1-2-17-21-18(22-26-17)12-7-9-13(10-8-12)19(25)23-11-16(24)20-14-5-3-4-6-15(14)23/h3-10H,2,11H2,1H3,(H,20,24). The number of nitrogens with one attached hydrogen (secondary N) is 1. The maximum Gasteiger partial charge on any atom is 0.258 e. The number of hydrogen-bond acceptors (Lipinski definition) is 5. The fraction of sp³-hybridized carbons (Fsp3) is 0.158. The third kappa shape index (κ3) is 2.83. The van der Waals surface area contributed by atoms with Gasteiger partial charge in [0.05, 0.1) is 11.4 Å². The molecule has 0 unspecified atom stereocenters. The van der Waals surface area contributed by atoms with Crippen molar-refractivity contribution < 1.29 is 14.1 Å². The summed E-state index contributed by atoms with van der Waals surface area (Å²) in [4.78, 5) is 30.6. The summed E-state index contributed by atoms with van der Waals surface area (Å²) < 4.78 is 5.11. The van der Waals surface area contributed by atoms with Gasteiger partial charge in [0.2, 0.25) is 17.6 Å². The van der Waals surface area contributed by atoms with Crippen LogP contribution >= 0.6 is 0 Å². The SMILES string of the molecule is CCc1nc(-c2ccc(C(=O)N3CC(=O)Nc4ccccc43)cc2)no1. The van der Waals surface area contributed by atoms with Crippen molar-refractivity contribution in [3.63, 3.8) is 0 Å². The Hall–Kier alpha value is -3.48. The van der Waals surface area contributed by atoms with E-state index in [2.05, 4.69) is 15.5 Å². The summed E-state index contributed by atoms with van der Waals surface area (Å²) in [5.41, 5.74) is 2.57. The van der Waals surface area contributed by atoms with Gasteiger partial charge in [0.25, 0.3) is 5.91 Å². The average molecular weight is 348 g/mol. The van der Waals surface area contributed by atoms with Crippen LogP contribution in [-0.2, 0) is 11.2 Å². The smallest absolute Gasteiger partial charge is 0.258 e. The molecule has 0 atom stereocenters. The Kier molecular flexibility index (Phi) is 3.96. The first-order valence-corrected chi connectivity index (χ1v) is 8.29. The second-order valence-electron chi connectivity index (χ2n) is 5.90. The molecule has 2 heterocycles. The van der Waals surface area contributed by atoms with Gasteiger partial charge in [0.15, 0.2) is 0 Å². The average Bonchev–Trinajstić information content (AvgIpc) is 3.16. The first-order valence-electron chi connectivity index (χ1n) is 8.29. The number of aryl methyl sites for hydroxylation is 1. The Morgan fingerprint density at radius 2 is 1.96 bits per heavy atom. The van der Waals surface area contributed by atoms with Crippen LogP contribution in [0.15, 0.2) is 53.1 Å². The van der Waals surface area contributed by atoms with Crippen LogP contribution < -0.4 is 10.2 Å². The number of rotatable bonds is 3. The van der Waals surface area contributed by atoms with Crippen molar-refractivity contribution >= 4 is 23.2 Å². The van der Waals surface area contributed by atoms with Crippen molar-refractivity contribution in [1.29, 1.82) is 0 Å². The fourth-order valence-electron chi connectivity index (χ4n) is 2.85. The maximum absolute atomic E-state index is 12.9. The predicted octanol–water partition coefficient (Wildman–Crippen LogP) is 2.90. The van der Waals surface area contributed by atoms with Crippen molar-refractivity contribution in [2.45, 2.75) is 13.3 Å². The Morgan fingerprint density at radius 1 is 1.19 bits per heavy atom. The lowest BCUT2D eigenvalue weighted by atomic mass is 10.1. The topological polar surface area (TPSA) is 88.3 Å². The van der Waals surface area contributed by atoms with E-state index in [-0.39, 0.29) is 18.4 Å². The summed E-state index contributed by atoms with van der Waals surface area (Å²) in [7, 11) is 0. The largest absolute Gasteiger partial charge is 0.339 e. The fourth-order valence-corrected chi connectivity index (χ4v) is 2.85. The monoisotopic (exact) mass is 348 g/mol. The molecule has 1 aliphatic heterocycles. The number of nitrogens with zero attached hydrogens (tertiary/aromatic N) is 3. The number of carbonyl (C=O) groups excluding carboxylic acids is 2. The number of para-hydroxylation sites is 2. The molecule has 26 heavy (non-hydrogen) atoms. The highest BCUT2D eigenvalue weighted by Gasteiger charge is 2.27. The molecule has 0 saturated carbocycles. The van der Waals surface area contributed by atoms with Crippen LogP contribution in [0.4, 0.5) is 11.4 Å². The zero-order valence-corrected chi connectivity index (χ0v) is 14.1. The van der Waals surface area contributed by atoms with E-state index < -0.39 is 0 Å². The second kappa shape index (κ2) is 6.44. The van der Waals surface area contributed by atoms with Gasteiger partial charge in [-0.05, 0) is 24.3 Å². The first kappa shape index (κ1) is 16.0. The van der Waals surface area contributed by atoms with E-state index in [0.29, 0.717) is 35.1 Å². The molecule has 7 nitrogen and oxygen atoms in total. The van der Waals surface area contributed by atoms with Gasteiger partial charge in [-0.25, -0.2) is 0 Å². The number of aromatic nitrogens is 2. The second-order valence-corrected chi connectivity index (χ2v) is 5.90. The Morgan fingerprint density at radius 3 is 2.69 bits per heavy atom. The summed E-state index contributed by atoms with van der Waals surface area (Å²) in [6.45, 7) is 1.92. The number of amides is 2. The van der Waals surface area contributed by atoms with Gasteiger partial charge in [0, 0.05) is 17.5 Å². The molecule has 1 aromatic heterocycles. The molecule has 1 aliphatic rings. The Balaban J connectivity index is 1.62. The van der Waals surface area contributed by atoms with Gasteiger partial charge in [0.1, 0.15) is 6.54 Å². The van der Waals surface area contributed by atoms with Crippen molar-refractivity contribution in [2.24, 2.45) is 0 Å². The summed E-state index contributed by atoms with van der Waals surface area (Å²) in [5, 5.41) is 6.70. The maximum atomic E-state index is 12.9. The van der Waals surface area contributed by atoms with Gasteiger partial charge in [-0.15, -0.1) is 0 Å². The number of carbonyl (C=O) groups is 2. The lowest BCUT2D eigenvalue weighted by Gasteiger charge is -2.29. The molecule has 3 aromatic rings. The van der Waals surface area contributed by atoms with Crippen LogP contribution in [0.5, 0.6) is 0 Å². The molecule has 0 radical (unpaired) electrons. The minimum atomic E-state index is -0.235. The van der Waals surface area contributed by atoms with Crippen LogP contribution in [0, 0.1) is 0 Å². The van der Waals surface area contributed by atoms with Gasteiger partial charge in [-0.2, -0.15) is 4.98 Å². The zero-order chi connectivity index (χ0) is 18.1. The molecule has 0 saturated heterocycles. The molecule has 0 aliphatic carbocycles. The highest BCUT2D eigenvalue weighted by Crippen LogP contribution is 2.30. The van der Waals surface area contributed by atoms with Crippen LogP contribution in [0.1, 0.15) is 23.2 Å². The lowest BCUT2D eigenvalue weighted by Crippen LogP contribution is -2.42. The molecule has 2 aromatic carbocycles. The summed E-state index contributed by atoms with van der Waals surface area (Å²) in [6, 6.07) is 14.2. The molecule has 2 amide bonds. The van der Waals surface area contributed by atoms with E-state index in [1.54, 1.807) is 30.3 Å². The van der Waals surface area contributed by atoms with E-state index in [0.717, 1.165) is 5.56 Å². The summed E-state index contributed by atoms with van der Waals surface area (Å²) in [5.74, 6) is 0.605. The van der Waals surface area contributed by atoms with E-state index in [9.17, 15) is 9.59 Å². The van der Waals surface area contributed by atoms with E-state index >= 15 is 0 Å². The molecule has 0 spiro atoms. The third-order valence-electron chi connectivity index (χ3n) is 4.18.